The van der Waals surface area contributed by atoms with Gasteiger partial charge in [0.1, 0.15) is 0 Å². The van der Waals surface area contributed by atoms with Gasteiger partial charge < -0.3 is 4.74 Å². The SMILES string of the molecule is O=C(CF)COC(=O)c1ccc([N+](=O)[O-])cc1. The van der Waals surface area contributed by atoms with Gasteiger partial charge in [-0.3, -0.25) is 14.9 Å². The number of ether oxygens (including phenoxy) is 1. The molecule has 0 aromatic heterocycles. The molecule has 0 N–H and O–H groups in total. The fourth-order valence-corrected chi connectivity index (χ4v) is 0.987. The van der Waals surface area contributed by atoms with Gasteiger partial charge in [0.2, 0.25) is 5.78 Å². The zero-order valence-electron chi connectivity index (χ0n) is 8.59. The predicted octanol–water partition coefficient (Wildman–Crippen LogP) is 1.29. The number of carbonyl (C=O) groups is 2. The second-order valence-electron chi connectivity index (χ2n) is 3.05. The van der Waals surface area contributed by atoms with Crippen molar-refractivity contribution < 1.29 is 23.6 Å². The highest BCUT2D eigenvalue weighted by atomic mass is 19.1. The van der Waals surface area contributed by atoms with Gasteiger partial charge in [-0.2, -0.15) is 0 Å². The number of halogens is 1. The lowest BCUT2D eigenvalue weighted by Crippen LogP contribution is -2.15. The molecule has 1 aromatic carbocycles. The van der Waals surface area contributed by atoms with E-state index in [-0.39, 0.29) is 11.3 Å². The number of hydrogen-bond donors (Lipinski definition) is 0. The topological polar surface area (TPSA) is 86.5 Å². The number of nitro benzene ring substituents is 1. The molecule has 0 aliphatic carbocycles. The van der Waals surface area contributed by atoms with Crippen molar-refractivity contribution in [1.29, 1.82) is 0 Å². The van der Waals surface area contributed by atoms with Crippen LogP contribution in [0.4, 0.5) is 10.1 Å². The molecule has 0 heterocycles. The molecular weight excluding hydrogens is 233 g/mol. The van der Waals surface area contributed by atoms with Crippen LogP contribution in [0.15, 0.2) is 24.3 Å². The van der Waals surface area contributed by atoms with E-state index in [1.165, 1.54) is 12.1 Å². The third kappa shape index (κ3) is 3.63. The molecule has 0 fully saturated rings. The molecule has 6 nitrogen and oxygen atoms in total. The zero-order valence-corrected chi connectivity index (χ0v) is 8.59. The average Bonchev–Trinajstić information content (AvgIpc) is 2.35. The van der Waals surface area contributed by atoms with Gasteiger partial charge in [0.25, 0.3) is 5.69 Å². The molecule has 90 valence electrons. The lowest BCUT2D eigenvalue weighted by Gasteiger charge is -2.02. The Morgan fingerprint density at radius 2 is 1.88 bits per heavy atom. The molecule has 0 aliphatic rings. The maximum atomic E-state index is 11.8. The Kier molecular flexibility index (Phi) is 4.27. The summed E-state index contributed by atoms with van der Waals surface area (Å²) in [5.74, 6) is -1.68. The largest absolute Gasteiger partial charge is 0.454 e. The number of non-ortho nitro benzene ring substituents is 1. The highest BCUT2D eigenvalue weighted by Gasteiger charge is 2.12. The standard InChI is InChI=1S/C10H8FNO5/c11-5-9(13)6-17-10(14)7-1-3-8(4-2-7)12(15)16/h1-4H,5-6H2. The van der Waals surface area contributed by atoms with Crippen LogP contribution in [0.5, 0.6) is 0 Å². The predicted molar refractivity (Wildman–Crippen MR) is 54.4 cm³/mol. The Morgan fingerprint density at radius 3 is 2.35 bits per heavy atom. The first-order chi connectivity index (χ1) is 8.04. The normalized spacial score (nSPS) is 9.71. The number of hydrogen-bond acceptors (Lipinski definition) is 5. The lowest BCUT2D eigenvalue weighted by atomic mass is 10.2. The lowest BCUT2D eigenvalue weighted by molar-refractivity contribution is -0.384. The number of rotatable bonds is 5. The fraction of sp³-hybridized carbons (Fsp3) is 0.200. The molecule has 0 saturated heterocycles. The van der Waals surface area contributed by atoms with Crippen molar-refractivity contribution in [3.8, 4) is 0 Å². The summed E-state index contributed by atoms with van der Waals surface area (Å²) in [4.78, 5) is 31.6. The van der Waals surface area contributed by atoms with Crippen LogP contribution in [-0.2, 0) is 9.53 Å². The average molecular weight is 241 g/mol. The van der Waals surface area contributed by atoms with E-state index in [4.69, 9.17) is 0 Å². The van der Waals surface area contributed by atoms with Crippen molar-refractivity contribution in [3.05, 3.63) is 39.9 Å². The van der Waals surface area contributed by atoms with E-state index in [2.05, 4.69) is 4.74 Å². The molecular formula is C10H8FNO5. The van der Waals surface area contributed by atoms with Crippen LogP contribution in [0, 0.1) is 10.1 Å². The molecule has 0 unspecified atom stereocenters. The maximum Gasteiger partial charge on any atom is 0.338 e. The summed E-state index contributed by atoms with van der Waals surface area (Å²) in [6, 6.07) is 4.65. The van der Waals surface area contributed by atoms with Gasteiger partial charge in [-0.05, 0) is 12.1 Å². The van der Waals surface area contributed by atoms with Gasteiger partial charge in [-0.25, -0.2) is 9.18 Å². The minimum atomic E-state index is -1.20. The third-order valence-electron chi connectivity index (χ3n) is 1.83. The summed E-state index contributed by atoms with van der Waals surface area (Å²) < 4.78 is 16.2. The Bertz CT molecular complexity index is 443. The van der Waals surface area contributed by atoms with E-state index in [0.717, 1.165) is 12.1 Å². The van der Waals surface area contributed by atoms with Gasteiger partial charge in [0, 0.05) is 12.1 Å². The maximum absolute atomic E-state index is 11.8. The van der Waals surface area contributed by atoms with Crippen LogP contribution in [0.25, 0.3) is 0 Å². The first-order valence-electron chi connectivity index (χ1n) is 4.54. The van der Waals surface area contributed by atoms with Crippen LogP contribution < -0.4 is 0 Å². The Hall–Kier alpha value is -2.31. The van der Waals surface area contributed by atoms with Gasteiger partial charge in [0.05, 0.1) is 10.5 Å². The van der Waals surface area contributed by atoms with Crippen LogP contribution in [0.1, 0.15) is 10.4 Å². The molecule has 0 aliphatic heterocycles. The van der Waals surface area contributed by atoms with Gasteiger partial charge in [-0.1, -0.05) is 0 Å². The molecule has 7 heteroatoms. The van der Waals surface area contributed by atoms with Gasteiger partial charge in [-0.15, -0.1) is 0 Å². The molecule has 0 spiro atoms. The smallest absolute Gasteiger partial charge is 0.338 e. The number of Topliss-reactive ketones (excluding diaryl/α,β-unsaturated/α-hetero) is 1. The van der Waals surface area contributed by atoms with E-state index < -0.39 is 30.0 Å². The Balaban J connectivity index is 2.64. The number of ketones is 1. The Morgan fingerprint density at radius 1 is 1.29 bits per heavy atom. The molecule has 0 radical (unpaired) electrons. The summed E-state index contributed by atoms with van der Waals surface area (Å²) in [5.41, 5.74) is -0.108. The van der Waals surface area contributed by atoms with E-state index in [1.807, 2.05) is 0 Å². The van der Waals surface area contributed by atoms with Crippen molar-refractivity contribution in [2.45, 2.75) is 0 Å². The number of benzene rings is 1. The van der Waals surface area contributed by atoms with Crippen molar-refractivity contribution in [2.24, 2.45) is 0 Å². The van der Waals surface area contributed by atoms with E-state index >= 15 is 0 Å². The second kappa shape index (κ2) is 5.69. The minimum Gasteiger partial charge on any atom is -0.454 e. The summed E-state index contributed by atoms with van der Waals surface area (Å²) >= 11 is 0. The van der Waals surface area contributed by atoms with Crippen LogP contribution in [0.3, 0.4) is 0 Å². The molecule has 0 amide bonds. The summed E-state index contributed by atoms with van der Waals surface area (Å²) in [5, 5.41) is 10.3. The quantitative estimate of drug-likeness (QED) is 0.440. The summed E-state index contributed by atoms with van der Waals surface area (Å²) in [6.07, 6.45) is 0. The van der Waals surface area contributed by atoms with Crippen molar-refractivity contribution >= 4 is 17.4 Å². The van der Waals surface area contributed by atoms with Crippen LogP contribution in [-0.4, -0.2) is 30.0 Å². The monoisotopic (exact) mass is 241 g/mol. The third-order valence-corrected chi connectivity index (χ3v) is 1.83. The number of alkyl halides is 1. The zero-order chi connectivity index (χ0) is 12.8. The van der Waals surface area contributed by atoms with E-state index in [1.54, 1.807) is 0 Å². The number of esters is 1. The van der Waals surface area contributed by atoms with Gasteiger partial charge >= 0.3 is 5.97 Å². The molecule has 1 rings (SSSR count). The number of carbonyl (C=O) groups excluding carboxylic acids is 2. The molecule has 17 heavy (non-hydrogen) atoms. The first-order valence-corrected chi connectivity index (χ1v) is 4.54. The van der Waals surface area contributed by atoms with Crippen LogP contribution >= 0.6 is 0 Å². The van der Waals surface area contributed by atoms with Crippen molar-refractivity contribution in [3.63, 3.8) is 0 Å². The highest BCUT2D eigenvalue weighted by molar-refractivity contribution is 5.92. The fourth-order valence-electron chi connectivity index (χ4n) is 0.987. The van der Waals surface area contributed by atoms with E-state index in [0.29, 0.717) is 0 Å². The molecule has 0 atom stereocenters. The highest BCUT2D eigenvalue weighted by Crippen LogP contribution is 2.12. The molecule has 0 bridgehead atoms. The summed E-state index contributed by atoms with van der Waals surface area (Å²) in [6.45, 7) is -1.85. The van der Waals surface area contributed by atoms with E-state index in [9.17, 15) is 24.1 Å². The number of nitro groups is 1. The molecule has 1 aromatic rings. The van der Waals surface area contributed by atoms with Crippen molar-refractivity contribution in [1.82, 2.24) is 0 Å². The second-order valence-corrected chi connectivity index (χ2v) is 3.05. The summed E-state index contributed by atoms with van der Waals surface area (Å²) in [7, 11) is 0. The van der Waals surface area contributed by atoms with Crippen LogP contribution in [0.2, 0.25) is 0 Å². The van der Waals surface area contributed by atoms with Crippen molar-refractivity contribution in [2.75, 3.05) is 13.3 Å². The number of nitrogens with zero attached hydrogens (tertiary/aromatic N) is 1. The minimum absolute atomic E-state index is 0.0576. The molecule has 0 saturated carbocycles. The Labute approximate surface area is 95.1 Å². The first kappa shape index (κ1) is 12.8. The van der Waals surface area contributed by atoms with Gasteiger partial charge in [0.15, 0.2) is 13.3 Å².